The van der Waals surface area contributed by atoms with Gasteiger partial charge in [-0.2, -0.15) is 0 Å². The van der Waals surface area contributed by atoms with Crippen molar-refractivity contribution < 1.29 is 9.59 Å². The highest BCUT2D eigenvalue weighted by molar-refractivity contribution is 6.16. The summed E-state index contributed by atoms with van der Waals surface area (Å²) in [5.41, 5.74) is 2.37. The Balaban J connectivity index is 2.17. The van der Waals surface area contributed by atoms with Crippen LogP contribution in [0.15, 0.2) is 54.6 Å². The minimum absolute atomic E-state index is 0.183. The van der Waals surface area contributed by atoms with Gasteiger partial charge in [0.15, 0.2) is 0 Å². The van der Waals surface area contributed by atoms with Crippen molar-refractivity contribution >= 4 is 23.6 Å². The molecule has 0 spiro atoms. The zero-order valence-corrected chi connectivity index (χ0v) is 9.61. The summed E-state index contributed by atoms with van der Waals surface area (Å²) in [5.74, 6) is -0.862. The first-order chi connectivity index (χ1) is 8.83. The molecule has 3 rings (SSSR count). The molecule has 1 aliphatic heterocycles. The number of amides is 1. The standard InChI is InChI=1S/C15H11NO2/c17-10-13-12-8-4-5-9-14(12)16(15(13)18)11-6-2-1-3-7-11/h1-10,13H/t13-/m0/s1. The molecule has 1 heterocycles. The van der Waals surface area contributed by atoms with Crippen LogP contribution in [0.5, 0.6) is 0 Å². The van der Waals surface area contributed by atoms with E-state index in [0.29, 0.717) is 6.29 Å². The largest absolute Gasteiger partial charge is 0.302 e. The Morgan fingerprint density at radius 1 is 0.944 bits per heavy atom. The summed E-state index contributed by atoms with van der Waals surface area (Å²) in [6, 6.07) is 16.8. The summed E-state index contributed by atoms with van der Waals surface area (Å²) in [4.78, 5) is 25.0. The summed E-state index contributed by atoms with van der Waals surface area (Å²) >= 11 is 0. The van der Waals surface area contributed by atoms with Crippen molar-refractivity contribution in [1.29, 1.82) is 0 Å². The first-order valence-electron chi connectivity index (χ1n) is 5.76. The van der Waals surface area contributed by atoms with Gasteiger partial charge in [0.1, 0.15) is 12.2 Å². The van der Waals surface area contributed by atoms with E-state index in [2.05, 4.69) is 0 Å². The average Bonchev–Trinajstić information content (AvgIpc) is 2.71. The molecule has 1 aliphatic rings. The smallest absolute Gasteiger partial charge is 0.246 e. The highest BCUT2D eigenvalue weighted by atomic mass is 16.2. The lowest BCUT2D eigenvalue weighted by Crippen LogP contribution is -2.24. The molecule has 0 aromatic heterocycles. The van der Waals surface area contributed by atoms with Crippen LogP contribution in [0.2, 0.25) is 0 Å². The van der Waals surface area contributed by atoms with Crippen LogP contribution in [-0.2, 0) is 9.59 Å². The molecular weight excluding hydrogens is 226 g/mol. The minimum atomic E-state index is -0.679. The van der Waals surface area contributed by atoms with Crippen molar-refractivity contribution in [2.45, 2.75) is 5.92 Å². The van der Waals surface area contributed by atoms with E-state index in [4.69, 9.17) is 0 Å². The quantitative estimate of drug-likeness (QED) is 0.594. The van der Waals surface area contributed by atoms with Gasteiger partial charge in [-0.1, -0.05) is 36.4 Å². The van der Waals surface area contributed by atoms with Gasteiger partial charge in [-0.25, -0.2) is 0 Å². The van der Waals surface area contributed by atoms with Crippen LogP contribution in [0.3, 0.4) is 0 Å². The summed E-state index contributed by atoms with van der Waals surface area (Å²) < 4.78 is 0. The Kier molecular flexibility index (Phi) is 2.45. The number of nitrogens with zero attached hydrogens (tertiary/aromatic N) is 1. The van der Waals surface area contributed by atoms with Crippen molar-refractivity contribution in [2.75, 3.05) is 4.90 Å². The SMILES string of the molecule is O=C[C@@H]1C(=O)N(c2ccccc2)c2ccccc21. The first kappa shape index (κ1) is 10.7. The predicted octanol–water partition coefficient (Wildman–Crippen LogP) is 2.65. The van der Waals surface area contributed by atoms with Gasteiger partial charge in [0.2, 0.25) is 5.91 Å². The van der Waals surface area contributed by atoms with Crippen molar-refractivity contribution in [3.63, 3.8) is 0 Å². The lowest BCUT2D eigenvalue weighted by Gasteiger charge is -2.17. The number of rotatable bonds is 2. The van der Waals surface area contributed by atoms with E-state index in [9.17, 15) is 9.59 Å². The zero-order valence-electron chi connectivity index (χ0n) is 9.61. The monoisotopic (exact) mass is 237 g/mol. The molecule has 3 nitrogen and oxygen atoms in total. The lowest BCUT2D eigenvalue weighted by molar-refractivity contribution is -0.122. The van der Waals surface area contributed by atoms with Gasteiger partial charge in [0.05, 0.1) is 5.69 Å². The Bertz CT molecular complexity index is 607. The lowest BCUT2D eigenvalue weighted by atomic mass is 10.0. The van der Waals surface area contributed by atoms with Gasteiger partial charge in [0, 0.05) is 5.69 Å². The van der Waals surface area contributed by atoms with Crippen molar-refractivity contribution in [3.05, 3.63) is 60.2 Å². The van der Waals surface area contributed by atoms with E-state index in [1.807, 2.05) is 54.6 Å². The number of hydrogen-bond acceptors (Lipinski definition) is 2. The Morgan fingerprint density at radius 2 is 1.61 bits per heavy atom. The molecule has 0 bridgehead atoms. The Hall–Kier alpha value is -2.42. The molecule has 2 aromatic rings. The molecule has 1 atom stereocenters. The van der Waals surface area contributed by atoms with E-state index in [1.54, 1.807) is 4.90 Å². The molecule has 0 saturated heterocycles. The maximum absolute atomic E-state index is 12.3. The van der Waals surface area contributed by atoms with E-state index in [0.717, 1.165) is 16.9 Å². The van der Waals surface area contributed by atoms with Crippen LogP contribution < -0.4 is 4.90 Å². The fraction of sp³-hybridized carbons (Fsp3) is 0.0667. The van der Waals surface area contributed by atoms with Gasteiger partial charge >= 0.3 is 0 Å². The average molecular weight is 237 g/mol. The van der Waals surface area contributed by atoms with Crippen molar-refractivity contribution in [1.82, 2.24) is 0 Å². The van der Waals surface area contributed by atoms with Gasteiger partial charge in [-0.05, 0) is 23.8 Å². The summed E-state index contributed by atoms with van der Waals surface area (Å²) in [5, 5.41) is 0. The fourth-order valence-electron chi connectivity index (χ4n) is 2.32. The zero-order chi connectivity index (χ0) is 12.5. The number of para-hydroxylation sites is 2. The number of anilines is 2. The molecule has 0 aliphatic carbocycles. The maximum atomic E-state index is 12.3. The molecule has 3 heteroatoms. The topological polar surface area (TPSA) is 37.4 Å². The molecule has 18 heavy (non-hydrogen) atoms. The normalized spacial score (nSPS) is 17.7. The number of fused-ring (bicyclic) bond motifs is 1. The van der Waals surface area contributed by atoms with Crippen LogP contribution in [-0.4, -0.2) is 12.2 Å². The van der Waals surface area contributed by atoms with E-state index >= 15 is 0 Å². The van der Waals surface area contributed by atoms with Gasteiger partial charge in [-0.15, -0.1) is 0 Å². The molecule has 0 fully saturated rings. The number of carbonyl (C=O) groups is 2. The fourth-order valence-corrected chi connectivity index (χ4v) is 2.32. The van der Waals surface area contributed by atoms with E-state index in [1.165, 1.54) is 0 Å². The molecule has 2 aromatic carbocycles. The minimum Gasteiger partial charge on any atom is -0.302 e. The third-order valence-corrected chi connectivity index (χ3v) is 3.15. The van der Waals surface area contributed by atoms with Crippen LogP contribution in [0.25, 0.3) is 0 Å². The Morgan fingerprint density at radius 3 is 2.33 bits per heavy atom. The highest BCUT2D eigenvalue weighted by Crippen LogP contribution is 2.40. The first-order valence-corrected chi connectivity index (χ1v) is 5.76. The molecular formula is C15H11NO2. The van der Waals surface area contributed by atoms with Crippen molar-refractivity contribution in [2.24, 2.45) is 0 Å². The second-order valence-corrected chi connectivity index (χ2v) is 4.18. The van der Waals surface area contributed by atoms with Crippen LogP contribution >= 0.6 is 0 Å². The summed E-state index contributed by atoms with van der Waals surface area (Å²) in [7, 11) is 0. The van der Waals surface area contributed by atoms with Gasteiger partial charge in [-0.3, -0.25) is 9.69 Å². The number of hydrogen-bond donors (Lipinski definition) is 0. The van der Waals surface area contributed by atoms with E-state index in [-0.39, 0.29) is 5.91 Å². The third kappa shape index (κ3) is 1.44. The molecule has 1 amide bonds. The number of aldehydes is 1. The second-order valence-electron chi connectivity index (χ2n) is 4.18. The van der Waals surface area contributed by atoms with Crippen LogP contribution in [0.4, 0.5) is 11.4 Å². The van der Waals surface area contributed by atoms with Gasteiger partial charge in [0.25, 0.3) is 0 Å². The molecule has 0 N–H and O–H groups in total. The number of benzene rings is 2. The number of carbonyl (C=O) groups excluding carboxylic acids is 2. The van der Waals surface area contributed by atoms with Crippen LogP contribution in [0.1, 0.15) is 11.5 Å². The highest BCUT2D eigenvalue weighted by Gasteiger charge is 2.37. The van der Waals surface area contributed by atoms with Crippen LogP contribution in [0, 0.1) is 0 Å². The Labute approximate surface area is 105 Å². The van der Waals surface area contributed by atoms with Gasteiger partial charge < -0.3 is 4.79 Å². The molecule has 0 radical (unpaired) electrons. The maximum Gasteiger partial charge on any atom is 0.246 e. The summed E-state index contributed by atoms with van der Waals surface area (Å²) in [6.45, 7) is 0. The molecule has 0 saturated carbocycles. The summed E-state index contributed by atoms with van der Waals surface area (Å²) in [6.07, 6.45) is 0.712. The molecule has 88 valence electrons. The third-order valence-electron chi connectivity index (χ3n) is 3.15. The second kappa shape index (κ2) is 4.11. The van der Waals surface area contributed by atoms with E-state index < -0.39 is 5.92 Å². The van der Waals surface area contributed by atoms with Crippen molar-refractivity contribution in [3.8, 4) is 0 Å². The predicted molar refractivity (Wildman–Crippen MR) is 68.8 cm³/mol. The molecule has 0 unspecified atom stereocenters.